The lowest BCUT2D eigenvalue weighted by Crippen LogP contribution is -2.38. The molecule has 1 N–H and O–H groups in total. The molecule has 2 aromatic rings. The highest BCUT2D eigenvalue weighted by molar-refractivity contribution is 5.93. The molecule has 3 rings (SSSR count). The molecule has 1 fully saturated rings. The average Bonchev–Trinajstić information content (AvgIpc) is 3.03. The van der Waals surface area contributed by atoms with E-state index in [0.29, 0.717) is 18.3 Å². The fraction of sp³-hybridized carbons (Fsp3) is 0.571. The minimum absolute atomic E-state index is 0. The number of aromatic nitrogens is 3. The van der Waals surface area contributed by atoms with E-state index in [-0.39, 0.29) is 23.7 Å². The number of rotatable bonds is 5. The van der Waals surface area contributed by atoms with E-state index in [1.807, 2.05) is 18.7 Å². The Kier molecular flexibility index (Phi) is 7.23. The van der Waals surface area contributed by atoms with Gasteiger partial charge in [-0.25, -0.2) is 4.68 Å². The van der Waals surface area contributed by atoms with Crippen molar-refractivity contribution in [1.29, 1.82) is 0 Å². The topological polar surface area (TPSA) is 63.1 Å². The van der Waals surface area contributed by atoms with Crippen LogP contribution >= 0.6 is 12.4 Å². The number of nitrogens with one attached hydrogen (secondary N) is 1. The van der Waals surface area contributed by atoms with E-state index in [1.165, 1.54) is 11.1 Å². The van der Waals surface area contributed by atoms with E-state index in [4.69, 9.17) is 0 Å². The van der Waals surface area contributed by atoms with E-state index in [0.717, 1.165) is 31.6 Å². The molecule has 0 bridgehead atoms. The van der Waals surface area contributed by atoms with Crippen molar-refractivity contribution in [3.8, 4) is 0 Å². The molecule has 0 aliphatic carbocycles. The van der Waals surface area contributed by atoms with Crippen LogP contribution in [0.25, 0.3) is 0 Å². The molecule has 28 heavy (non-hydrogen) atoms. The second-order valence-corrected chi connectivity index (χ2v) is 8.36. The molecule has 7 heteroatoms. The van der Waals surface area contributed by atoms with Crippen molar-refractivity contribution in [3.63, 3.8) is 0 Å². The molecule has 2 heterocycles. The smallest absolute Gasteiger partial charge is 0.276 e. The lowest BCUT2D eigenvalue weighted by molar-refractivity contribution is 0.0761. The summed E-state index contributed by atoms with van der Waals surface area (Å²) in [5.41, 5.74) is 3.66. The van der Waals surface area contributed by atoms with Gasteiger partial charge in [0.2, 0.25) is 0 Å². The number of hydrogen-bond donors (Lipinski definition) is 1. The maximum Gasteiger partial charge on any atom is 0.276 e. The highest BCUT2D eigenvalue weighted by Gasteiger charge is 2.29. The second kappa shape index (κ2) is 9.05. The number of aryl methyl sites for hydroxylation is 1. The number of nitrogens with zero attached hydrogens (tertiary/aromatic N) is 4. The summed E-state index contributed by atoms with van der Waals surface area (Å²) < 4.78 is 1.94. The van der Waals surface area contributed by atoms with Gasteiger partial charge in [0.25, 0.3) is 5.91 Å². The van der Waals surface area contributed by atoms with Crippen LogP contribution in [0.5, 0.6) is 0 Å². The third-order valence-corrected chi connectivity index (χ3v) is 5.60. The van der Waals surface area contributed by atoms with Crippen LogP contribution in [0.15, 0.2) is 24.3 Å². The number of carbonyl (C=O) groups excluding carboxylic acids is 1. The average molecular weight is 406 g/mol. The molecular formula is C21H32ClN5O. The third-order valence-electron chi connectivity index (χ3n) is 5.60. The first kappa shape index (κ1) is 22.4. The first-order valence-corrected chi connectivity index (χ1v) is 9.75. The molecule has 1 amide bonds. The number of halogens is 1. The van der Waals surface area contributed by atoms with Crippen molar-refractivity contribution in [1.82, 2.24) is 25.2 Å². The minimum atomic E-state index is -0.142. The van der Waals surface area contributed by atoms with Crippen LogP contribution < -0.4 is 5.32 Å². The van der Waals surface area contributed by atoms with Gasteiger partial charge in [-0.15, -0.1) is 17.5 Å². The van der Waals surface area contributed by atoms with Crippen LogP contribution in [-0.2, 0) is 5.41 Å². The summed E-state index contributed by atoms with van der Waals surface area (Å²) in [7, 11) is 1.85. The fourth-order valence-electron chi connectivity index (χ4n) is 3.88. The van der Waals surface area contributed by atoms with Gasteiger partial charge in [-0.3, -0.25) is 4.79 Å². The molecule has 0 saturated carbocycles. The molecule has 0 spiro atoms. The maximum atomic E-state index is 13.0. The Bertz CT molecular complexity index is 794. The monoisotopic (exact) mass is 405 g/mol. The Morgan fingerprint density at radius 2 is 1.82 bits per heavy atom. The van der Waals surface area contributed by atoms with E-state index >= 15 is 0 Å². The maximum absolute atomic E-state index is 13.0. The molecule has 0 atom stereocenters. The molecule has 1 saturated heterocycles. The summed E-state index contributed by atoms with van der Waals surface area (Å²) in [6.45, 7) is 11.0. The van der Waals surface area contributed by atoms with Crippen LogP contribution in [-0.4, -0.2) is 52.5 Å². The van der Waals surface area contributed by atoms with Crippen molar-refractivity contribution in [2.75, 3.05) is 26.7 Å². The van der Waals surface area contributed by atoms with Gasteiger partial charge in [0.1, 0.15) is 0 Å². The Hall–Kier alpha value is -1.92. The van der Waals surface area contributed by atoms with Crippen LogP contribution in [0.4, 0.5) is 0 Å². The summed E-state index contributed by atoms with van der Waals surface area (Å²) >= 11 is 0. The molecule has 1 aliphatic rings. The van der Waals surface area contributed by atoms with Crippen LogP contribution in [0.3, 0.4) is 0 Å². The van der Waals surface area contributed by atoms with E-state index in [1.54, 1.807) is 4.90 Å². The van der Waals surface area contributed by atoms with Gasteiger partial charge in [-0.1, -0.05) is 48.9 Å². The molecule has 6 nitrogen and oxygen atoms in total. The molecule has 1 aromatic carbocycles. The molecule has 1 aliphatic heterocycles. The molecular weight excluding hydrogens is 374 g/mol. The first-order chi connectivity index (χ1) is 12.8. The number of carbonyl (C=O) groups is 1. The highest BCUT2D eigenvalue weighted by Crippen LogP contribution is 2.26. The number of amides is 1. The Morgan fingerprint density at radius 1 is 1.21 bits per heavy atom. The predicted octanol–water partition coefficient (Wildman–Crippen LogP) is 3.29. The number of likely N-dealkylation sites (N-methyl/N-ethyl adjacent to an activating group) is 1. The zero-order valence-electron chi connectivity index (χ0n) is 17.5. The summed E-state index contributed by atoms with van der Waals surface area (Å²) in [6, 6.07) is 8.86. The van der Waals surface area contributed by atoms with Gasteiger partial charge in [0.05, 0.1) is 11.7 Å². The van der Waals surface area contributed by atoms with Gasteiger partial charge >= 0.3 is 0 Å². The summed E-state index contributed by atoms with van der Waals surface area (Å²) in [5, 5.41) is 11.9. The van der Waals surface area contributed by atoms with Gasteiger partial charge in [0, 0.05) is 19.0 Å². The summed E-state index contributed by atoms with van der Waals surface area (Å²) in [6.07, 6.45) is 2.04. The zero-order chi connectivity index (χ0) is 19.6. The van der Waals surface area contributed by atoms with Gasteiger partial charge in [-0.05, 0) is 45.3 Å². The first-order valence-electron chi connectivity index (χ1n) is 9.75. The van der Waals surface area contributed by atoms with Gasteiger partial charge < -0.3 is 10.2 Å². The van der Waals surface area contributed by atoms with E-state index in [9.17, 15) is 4.79 Å². The van der Waals surface area contributed by atoms with Crippen molar-refractivity contribution >= 4 is 18.3 Å². The predicted molar refractivity (Wildman–Crippen MR) is 114 cm³/mol. The molecule has 1 aromatic heterocycles. The lowest BCUT2D eigenvalue weighted by atomic mass is 9.84. The number of benzene rings is 1. The van der Waals surface area contributed by atoms with Crippen molar-refractivity contribution in [2.45, 2.75) is 52.0 Å². The Labute approximate surface area is 174 Å². The quantitative estimate of drug-likeness (QED) is 0.829. The zero-order valence-corrected chi connectivity index (χ0v) is 18.3. The van der Waals surface area contributed by atoms with E-state index < -0.39 is 0 Å². The molecule has 154 valence electrons. The summed E-state index contributed by atoms with van der Waals surface area (Å²) in [4.78, 5) is 14.8. The molecule has 0 unspecified atom stereocenters. The number of hydrogen-bond acceptors (Lipinski definition) is 4. The second-order valence-electron chi connectivity index (χ2n) is 8.36. The fourth-order valence-corrected chi connectivity index (χ4v) is 3.88. The minimum Gasteiger partial charge on any atom is -0.339 e. The standard InChI is InChI=1S/C21H31N5O.ClH/c1-15-6-8-17(9-7-15)21(3,4)14-25(5)20(27)19-16(2)26(24-23-19)18-10-12-22-13-11-18;/h6-9,18,22H,10-14H2,1-5H3;1H. The largest absolute Gasteiger partial charge is 0.339 e. The van der Waals surface area contributed by atoms with Crippen LogP contribution in [0.1, 0.15) is 60.0 Å². The van der Waals surface area contributed by atoms with E-state index in [2.05, 4.69) is 60.7 Å². The van der Waals surface area contributed by atoms with Gasteiger partial charge in [-0.2, -0.15) is 0 Å². The van der Waals surface area contributed by atoms with Crippen molar-refractivity contribution < 1.29 is 4.79 Å². The SMILES string of the molecule is Cc1ccc(C(C)(C)CN(C)C(=O)c2nnn(C3CCNCC3)c2C)cc1.Cl. The van der Waals surface area contributed by atoms with Crippen molar-refractivity contribution in [3.05, 3.63) is 46.8 Å². The van der Waals surface area contributed by atoms with Gasteiger partial charge in [0.15, 0.2) is 5.69 Å². The van der Waals surface area contributed by atoms with Crippen LogP contribution in [0.2, 0.25) is 0 Å². The Morgan fingerprint density at radius 3 is 2.43 bits per heavy atom. The number of piperidine rings is 1. The van der Waals surface area contributed by atoms with Crippen LogP contribution in [0, 0.1) is 13.8 Å². The third kappa shape index (κ3) is 4.73. The highest BCUT2D eigenvalue weighted by atomic mass is 35.5. The Balaban J connectivity index is 0.00000280. The summed E-state index contributed by atoms with van der Waals surface area (Å²) in [5.74, 6) is -0.0622. The normalized spacial score (nSPS) is 15.2. The molecule has 0 radical (unpaired) electrons. The van der Waals surface area contributed by atoms with Crippen molar-refractivity contribution in [2.24, 2.45) is 0 Å². The lowest BCUT2D eigenvalue weighted by Gasteiger charge is -2.31.